The zero-order valence-electron chi connectivity index (χ0n) is 6.21. The largest absolute Gasteiger partial charge is 0.513 e. The first kappa shape index (κ1) is 6.26. The summed E-state index contributed by atoms with van der Waals surface area (Å²) in [4.78, 5) is 0. The first-order valence-corrected chi connectivity index (χ1v) is 4.15. The average Bonchev–Trinajstić information content (AvgIpc) is 2.44. The summed E-state index contributed by atoms with van der Waals surface area (Å²) in [6, 6.07) is 0. The van der Waals surface area contributed by atoms with Gasteiger partial charge in [-0.15, -0.1) is 0 Å². The fourth-order valence-corrected chi connectivity index (χ4v) is 2.65. The minimum atomic E-state index is 0.437. The molecular formula is C9H14O. The van der Waals surface area contributed by atoms with Crippen LogP contribution in [0.3, 0.4) is 0 Å². The molecule has 1 unspecified atom stereocenters. The number of fused-ring (bicyclic) bond motifs is 2. The summed E-state index contributed by atoms with van der Waals surface area (Å²) in [5.74, 6) is 2.59. The van der Waals surface area contributed by atoms with Crippen molar-refractivity contribution in [3.8, 4) is 0 Å². The molecule has 0 radical (unpaired) electrons. The molecule has 2 bridgehead atoms. The summed E-state index contributed by atoms with van der Waals surface area (Å²) in [6.45, 7) is 3.61. The monoisotopic (exact) mass is 138 g/mol. The Morgan fingerprint density at radius 2 is 2.10 bits per heavy atom. The molecule has 0 heterocycles. The van der Waals surface area contributed by atoms with Crippen LogP contribution in [0.1, 0.15) is 25.7 Å². The van der Waals surface area contributed by atoms with Gasteiger partial charge in [0.05, 0.1) is 5.76 Å². The third kappa shape index (κ3) is 0.764. The molecule has 2 fully saturated rings. The van der Waals surface area contributed by atoms with Crippen LogP contribution in [0.15, 0.2) is 12.3 Å². The summed E-state index contributed by atoms with van der Waals surface area (Å²) in [6.07, 6.45) is 5.29. The molecule has 2 aliphatic rings. The standard InChI is InChI=1S/C9H14O/c1-6(10)9-5-7-2-3-8(9)4-7/h7-10H,1-5H2/t7-,8+,9?/m1/s1. The van der Waals surface area contributed by atoms with E-state index in [-0.39, 0.29) is 0 Å². The van der Waals surface area contributed by atoms with E-state index in [9.17, 15) is 5.11 Å². The molecule has 0 aromatic heterocycles. The zero-order valence-corrected chi connectivity index (χ0v) is 6.21. The van der Waals surface area contributed by atoms with E-state index >= 15 is 0 Å². The van der Waals surface area contributed by atoms with Gasteiger partial charge in [-0.1, -0.05) is 13.0 Å². The zero-order chi connectivity index (χ0) is 7.14. The molecule has 3 atom stereocenters. The van der Waals surface area contributed by atoms with Crippen LogP contribution >= 0.6 is 0 Å². The molecule has 1 heteroatoms. The smallest absolute Gasteiger partial charge is 0.0884 e. The van der Waals surface area contributed by atoms with E-state index in [1.165, 1.54) is 25.7 Å². The lowest BCUT2D eigenvalue weighted by molar-refractivity contribution is 0.262. The Morgan fingerprint density at radius 1 is 1.30 bits per heavy atom. The molecule has 2 saturated carbocycles. The van der Waals surface area contributed by atoms with Crippen LogP contribution < -0.4 is 0 Å². The predicted molar refractivity (Wildman–Crippen MR) is 40.7 cm³/mol. The van der Waals surface area contributed by atoms with Crippen LogP contribution in [-0.4, -0.2) is 5.11 Å². The topological polar surface area (TPSA) is 20.2 Å². The molecule has 1 nitrogen and oxygen atoms in total. The average molecular weight is 138 g/mol. The normalized spacial score (nSPS) is 44.2. The highest BCUT2D eigenvalue weighted by atomic mass is 16.3. The lowest BCUT2D eigenvalue weighted by Crippen LogP contribution is -2.11. The molecule has 56 valence electrons. The molecule has 0 saturated heterocycles. The summed E-state index contributed by atoms with van der Waals surface area (Å²) in [7, 11) is 0. The fraction of sp³-hybridized carbons (Fsp3) is 0.778. The molecule has 2 rings (SSSR count). The first-order chi connectivity index (χ1) is 4.77. The van der Waals surface area contributed by atoms with Crippen LogP contribution in [0, 0.1) is 17.8 Å². The van der Waals surface area contributed by atoms with Gasteiger partial charge in [0, 0.05) is 5.92 Å². The molecule has 0 aromatic carbocycles. The van der Waals surface area contributed by atoms with E-state index in [1.807, 2.05) is 0 Å². The Balaban J connectivity index is 2.08. The van der Waals surface area contributed by atoms with Crippen molar-refractivity contribution in [2.24, 2.45) is 17.8 Å². The maximum Gasteiger partial charge on any atom is 0.0884 e. The number of aliphatic hydroxyl groups is 1. The van der Waals surface area contributed by atoms with E-state index in [4.69, 9.17) is 0 Å². The Kier molecular flexibility index (Phi) is 1.26. The number of hydrogen-bond donors (Lipinski definition) is 1. The highest BCUT2D eigenvalue weighted by Crippen LogP contribution is 2.50. The number of allylic oxidation sites excluding steroid dienone is 1. The number of aliphatic hydroxyl groups excluding tert-OH is 1. The van der Waals surface area contributed by atoms with Crippen LogP contribution in [0.2, 0.25) is 0 Å². The van der Waals surface area contributed by atoms with Crippen molar-refractivity contribution in [1.29, 1.82) is 0 Å². The molecule has 2 aliphatic carbocycles. The van der Waals surface area contributed by atoms with Gasteiger partial charge in [-0.05, 0) is 31.1 Å². The van der Waals surface area contributed by atoms with Crippen LogP contribution in [-0.2, 0) is 0 Å². The van der Waals surface area contributed by atoms with E-state index in [0.717, 1.165) is 11.8 Å². The van der Waals surface area contributed by atoms with Crippen molar-refractivity contribution < 1.29 is 5.11 Å². The van der Waals surface area contributed by atoms with Gasteiger partial charge in [-0.2, -0.15) is 0 Å². The van der Waals surface area contributed by atoms with Gasteiger partial charge >= 0.3 is 0 Å². The lowest BCUT2D eigenvalue weighted by atomic mass is 9.88. The predicted octanol–water partition coefficient (Wildman–Crippen LogP) is 2.49. The highest BCUT2D eigenvalue weighted by Gasteiger charge is 2.40. The van der Waals surface area contributed by atoms with Crippen LogP contribution in [0.5, 0.6) is 0 Å². The third-order valence-electron chi connectivity index (χ3n) is 3.17. The summed E-state index contributed by atoms with van der Waals surface area (Å²) in [5.41, 5.74) is 0. The summed E-state index contributed by atoms with van der Waals surface area (Å²) < 4.78 is 0. The van der Waals surface area contributed by atoms with E-state index < -0.39 is 0 Å². The minimum absolute atomic E-state index is 0.437. The van der Waals surface area contributed by atoms with Gasteiger partial charge in [0.1, 0.15) is 0 Å². The maximum atomic E-state index is 9.18. The summed E-state index contributed by atoms with van der Waals surface area (Å²) in [5, 5.41) is 9.18. The molecule has 10 heavy (non-hydrogen) atoms. The fourth-order valence-electron chi connectivity index (χ4n) is 2.65. The van der Waals surface area contributed by atoms with E-state index in [0.29, 0.717) is 11.7 Å². The van der Waals surface area contributed by atoms with Crippen molar-refractivity contribution in [1.82, 2.24) is 0 Å². The van der Waals surface area contributed by atoms with Crippen molar-refractivity contribution in [3.63, 3.8) is 0 Å². The van der Waals surface area contributed by atoms with Gasteiger partial charge in [0.25, 0.3) is 0 Å². The molecule has 0 spiro atoms. The highest BCUT2D eigenvalue weighted by molar-refractivity contribution is 5.01. The van der Waals surface area contributed by atoms with Crippen molar-refractivity contribution in [3.05, 3.63) is 12.3 Å². The first-order valence-electron chi connectivity index (χ1n) is 4.15. The lowest BCUT2D eigenvalue weighted by Gasteiger charge is -2.19. The quantitative estimate of drug-likeness (QED) is 0.552. The number of rotatable bonds is 1. The third-order valence-corrected chi connectivity index (χ3v) is 3.17. The van der Waals surface area contributed by atoms with Gasteiger partial charge < -0.3 is 5.11 Å². The van der Waals surface area contributed by atoms with E-state index in [1.54, 1.807) is 0 Å². The van der Waals surface area contributed by atoms with Crippen molar-refractivity contribution in [2.75, 3.05) is 0 Å². The molecular weight excluding hydrogens is 124 g/mol. The van der Waals surface area contributed by atoms with Gasteiger partial charge in [-0.3, -0.25) is 0 Å². The minimum Gasteiger partial charge on any atom is -0.513 e. The Labute approximate surface area is 61.8 Å². The van der Waals surface area contributed by atoms with Gasteiger partial charge in [0.15, 0.2) is 0 Å². The Bertz CT molecular complexity index is 162. The van der Waals surface area contributed by atoms with Crippen LogP contribution in [0.4, 0.5) is 0 Å². The summed E-state index contributed by atoms with van der Waals surface area (Å²) >= 11 is 0. The molecule has 1 N–H and O–H groups in total. The molecule has 0 aliphatic heterocycles. The SMILES string of the molecule is C=C(O)C1C[C@@H]2CC[C@H]1C2. The second-order valence-electron chi connectivity index (χ2n) is 3.77. The second-order valence-corrected chi connectivity index (χ2v) is 3.77. The van der Waals surface area contributed by atoms with Crippen LogP contribution in [0.25, 0.3) is 0 Å². The molecule has 0 amide bonds. The number of hydrogen-bond acceptors (Lipinski definition) is 1. The van der Waals surface area contributed by atoms with Gasteiger partial charge in [0.2, 0.25) is 0 Å². The van der Waals surface area contributed by atoms with Crippen molar-refractivity contribution >= 4 is 0 Å². The van der Waals surface area contributed by atoms with Gasteiger partial charge in [-0.25, -0.2) is 0 Å². The molecule has 0 aromatic rings. The maximum absolute atomic E-state index is 9.18. The second kappa shape index (κ2) is 2.01. The van der Waals surface area contributed by atoms with E-state index in [2.05, 4.69) is 6.58 Å². The van der Waals surface area contributed by atoms with Crippen molar-refractivity contribution in [2.45, 2.75) is 25.7 Å². The Hall–Kier alpha value is -0.460. The Morgan fingerprint density at radius 3 is 2.40 bits per heavy atom.